The lowest BCUT2D eigenvalue weighted by Gasteiger charge is -2.38. The van der Waals surface area contributed by atoms with E-state index >= 15 is 0 Å². The molecule has 1 aromatic carbocycles. The topological polar surface area (TPSA) is 136 Å². The van der Waals surface area contributed by atoms with Crippen LogP contribution in [-0.4, -0.2) is 67.4 Å². The Hall–Kier alpha value is -3.24. The lowest BCUT2D eigenvalue weighted by atomic mass is 10.0. The van der Waals surface area contributed by atoms with Crippen molar-refractivity contribution in [1.82, 2.24) is 29.4 Å². The number of carbonyl (C=O) groups is 2. The second-order valence-electron chi connectivity index (χ2n) is 8.22. The Morgan fingerprint density at radius 1 is 1.09 bits per heavy atom. The van der Waals surface area contributed by atoms with Crippen molar-refractivity contribution in [3.8, 4) is 0 Å². The molecule has 0 unspecified atom stereocenters. The van der Waals surface area contributed by atoms with E-state index in [0.717, 1.165) is 22.5 Å². The number of nitrogens with two attached hydrogens (primary N) is 2. The van der Waals surface area contributed by atoms with Gasteiger partial charge in [-0.25, -0.2) is 4.98 Å². The summed E-state index contributed by atoms with van der Waals surface area (Å²) in [6.07, 6.45) is 0.906. The van der Waals surface area contributed by atoms with Crippen LogP contribution in [0, 0.1) is 13.8 Å². The summed E-state index contributed by atoms with van der Waals surface area (Å²) in [5.74, 6) is 0.274. The van der Waals surface area contributed by atoms with Gasteiger partial charge < -0.3 is 16.4 Å². The van der Waals surface area contributed by atoms with Crippen molar-refractivity contribution in [2.75, 3.05) is 31.9 Å². The first-order chi connectivity index (χ1) is 15.7. The van der Waals surface area contributed by atoms with Crippen molar-refractivity contribution >= 4 is 35.1 Å². The third-order valence-electron chi connectivity index (χ3n) is 6.14. The number of rotatable bonds is 6. The molecule has 4 rings (SSSR count). The smallest absolute Gasteiger partial charge is 0.254 e. The predicted octanol–water partition coefficient (Wildman–Crippen LogP) is 1.28. The fourth-order valence-electron chi connectivity index (χ4n) is 4.41. The second-order valence-corrected chi connectivity index (χ2v) is 8.65. The molecule has 0 aliphatic carbocycles. The molecule has 1 atom stereocenters. The van der Waals surface area contributed by atoms with Crippen LogP contribution in [0.5, 0.6) is 0 Å². The molecule has 1 aliphatic rings. The fraction of sp³-hybridized carbons (Fsp3) is 0.409. The van der Waals surface area contributed by atoms with Gasteiger partial charge in [-0.1, -0.05) is 23.7 Å². The van der Waals surface area contributed by atoms with Gasteiger partial charge in [0.15, 0.2) is 0 Å². The standard InChI is InChI=1S/C22H27ClN8O2/c1-13-17(14(2)31-22(26-13)27-21(25)28-31)7-8-18(32)29-9-11-30(12-10-29)19(20(24)33)15-3-5-16(23)6-4-15/h3-6,19H,7-12H2,1-2H3,(H2,24,33)(H2,25,28)/t19-/m1/s1. The highest BCUT2D eigenvalue weighted by Crippen LogP contribution is 2.24. The maximum atomic E-state index is 12.9. The molecule has 1 fully saturated rings. The summed E-state index contributed by atoms with van der Waals surface area (Å²) in [6, 6.07) is 6.58. The highest BCUT2D eigenvalue weighted by molar-refractivity contribution is 6.30. The van der Waals surface area contributed by atoms with E-state index in [0.29, 0.717) is 49.8 Å². The number of aromatic nitrogens is 4. The zero-order chi connectivity index (χ0) is 23.7. The van der Waals surface area contributed by atoms with E-state index in [4.69, 9.17) is 23.1 Å². The van der Waals surface area contributed by atoms with Gasteiger partial charge in [0.1, 0.15) is 6.04 Å². The summed E-state index contributed by atoms with van der Waals surface area (Å²) in [6.45, 7) is 6.01. The van der Waals surface area contributed by atoms with Crippen LogP contribution in [0.2, 0.25) is 5.02 Å². The number of fused-ring (bicyclic) bond motifs is 1. The molecule has 0 radical (unpaired) electrons. The molecular weight excluding hydrogens is 444 g/mol. The monoisotopic (exact) mass is 470 g/mol. The number of halogens is 1. The van der Waals surface area contributed by atoms with E-state index in [-0.39, 0.29) is 11.9 Å². The minimum absolute atomic E-state index is 0.0637. The predicted molar refractivity (Wildman–Crippen MR) is 125 cm³/mol. The Kier molecular flexibility index (Phi) is 6.48. The zero-order valence-electron chi connectivity index (χ0n) is 18.7. The number of nitrogens with zero attached hydrogens (tertiary/aromatic N) is 6. The van der Waals surface area contributed by atoms with Crippen molar-refractivity contribution in [2.24, 2.45) is 5.73 Å². The molecule has 1 aliphatic heterocycles. The Balaban J connectivity index is 1.38. The van der Waals surface area contributed by atoms with Gasteiger partial charge in [-0.15, -0.1) is 5.10 Å². The molecule has 33 heavy (non-hydrogen) atoms. The fourth-order valence-corrected chi connectivity index (χ4v) is 4.53. The molecule has 0 spiro atoms. The third kappa shape index (κ3) is 4.76. The van der Waals surface area contributed by atoms with E-state index in [1.807, 2.05) is 35.8 Å². The minimum Gasteiger partial charge on any atom is -0.368 e. The van der Waals surface area contributed by atoms with E-state index in [1.54, 1.807) is 16.6 Å². The van der Waals surface area contributed by atoms with E-state index < -0.39 is 11.9 Å². The van der Waals surface area contributed by atoms with E-state index in [2.05, 4.69) is 15.1 Å². The highest BCUT2D eigenvalue weighted by atomic mass is 35.5. The largest absolute Gasteiger partial charge is 0.368 e. The normalized spacial score (nSPS) is 15.7. The Bertz CT molecular complexity index is 1190. The van der Waals surface area contributed by atoms with Gasteiger partial charge in [-0.05, 0) is 43.5 Å². The van der Waals surface area contributed by atoms with E-state index in [9.17, 15) is 9.59 Å². The molecule has 0 bridgehead atoms. The van der Waals surface area contributed by atoms with Crippen molar-refractivity contribution in [3.63, 3.8) is 0 Å². The van der Waals surface area contributed by atoms with Crippen LogP contribution in [0.15, 0.2) is 24.3 Å². The Morgan fingerprint density at radius 2 is 1.76 bits per heavy atom. The number of benzene rings is 1. The number of primary amides is 1. The van der Waals surface area contributed by atoms with Crippen LogP contribution >= 0.6 is 11.6 Å². The average Bonchev–Trinajstić information content (AvgIpc) is 3.15. The van der Waals surface area contributed by atoms with Crippen molar-refractivity contribution in [1.29, 1.82) is 0 Å². The average molecular weight is 471 g/mol. The number of hydrogen-bond acceptors (Lipinski definition) is 7. The van der Waals surface area contributed by atoms with Crippen molar-refractivity contribution in [3.05, 3.63) is 51.8 Å². The maximum absolute atomic E-state index is 12.9. The molecule has 4 N–H and O–H groups in total. The van der Waals surface area contributed by atoms with Crippen molar-refractivity contribution in [2.45, 2.75) is 32.7 Å². The summed E-state index contributed by atoms with van der Waals surface area (Å²) < 4.78 is 1.61. The third-order valence-corrected chi connectivity index (χ3v) is 6.39. The van der Waals surface area contributed by atoms with Crippen LogP contribution in [0.4, 0.5) is 5.95 Å². The number of hydrogen-bond donors (Lipinski definition) is 2. The molecule has 1 saturated heterocycles. The van der Waals surface area contributed by atoms with Crippen LogP contribution in [0.3, 0.4) is 0 Å². The molecular formula is C22H27ClN8O2. The van der Waals surface area contributed by atoms with Gasteiger partial charge in [0, 0.05) is 49.0 Å². The quantitative estimate of drug-likeness (QED) is 0.553. The molecule has 10 nitrogen and oxygen atoms in total. The summed E-state index contributed by atoms with van der Waals surface area (Å²) in [4.78, 5) is 37.5. The number of nitrogen functional groups attached to an aromatic ring is 1. The first-order valence-electron chi connectivity index (χ1n) is 10.8. The molecule has 3 aromatic rings. The summed E-state index contributed by atoms with van der Waals surface area (Å²) in [7, 11) is 0. The summed E-state index contributed by atoms with van der Waals surface area (Å²) >= 11 is 5.97. The van der Waals surface area contributed by atoms with Crippen LogP contribution in [-0.2, 0) is 16.0 Å². The SMILES string of the molecule is Cc1nc2nc(N)nn2c(C)c1CCC(=O)N1CCN([C@@H](C(N)=O)c2ccc(Cl)cc2)CC1. The van der Waals surface area contributed by atoms with E-state index in [1.165, 1.54) is 0 Å². The van der Waals surface area contributed by atoms with Gasteiger partial charge in [0.25, 0.3) is 5.78 Å². The molecule has 2 aromatic heterocycles. The zero-order valence-corrected chi connectivity index (χ0v) is 19.4. The second kappa shape index (κ2) is 9.32. The highest BCUT2D eigenvalue weighted by Gasteiger charge is 2.30. The van der Waals surface area contributed by atoms with Crippen molar-refractivity contribution < 1.29 is 9.59 Å². The van der Waals surface area contributed by atoms with Crippen LogP contribution in [0.1, 0.15) is 35.0 Å². The lowest BCUT2D eigenvalue weighted by molar-refractivity contribution is -0.134. The van der Waals surface area contributed by atoms with Gasteiger partial charge in [0.05, 0.1) is 0 Å². The molecule has 0 saturated carbocycles. The van der Waals surface area contributed by atoms with Gasteiger partial charge >= 0.3 is 0 Å². The summed E-state index contributed by atoms with van der Waals surface area (Å²) in [5.41, 5.74) is 14.9. The van der Waals surface area contributed by atoms with Gasteiger partial charge in [-0.2, -0.15) is 9.50 Å². The molecule has 174 valence electrons. The molecule has 11 heteroatoms. The number of piperazine rings is 1. The first-order valence-corrected chi connectivity index (χ1v) is 11.2. The minimum atomic E-state index is -0.544. The number of carbonyl (C=O) groups excluding carboxylic acids is 2. The van der Waals surface area contributed by atoms with Crippen LogP contribution in [0.25, 0.3) is 5.78 Å². The van der Waals surface area contributed by atoms with Gasteiger partial charge in [-0.3, -0.25) is 14.5 Å². The Morgan fingerprint density at radius 3 is 2.39 bits per heavy atom. The maximum Gasteiger partial charge on any atom is 0.254 e. The Labute approximate surface area is 196 Å². The summed E-state index contributed by atoms with van der Waals surface area (Å²) in [5, 5.41) is 4.78. The molecule has 3 heterocycles. The van der Waals surface area contributed by atoms with Gasteiger partial charge in [0.2, 0.25) is 17.8 Å². The lowest BCUT2D eigenvalue weighted by Crippen LogP contribution is -2.51. The molecule has 2 amide bonds. The number of aryl methyl sites for hydroxylation is 2. The first kappa shape index (κ1) is 22.9. The number of amides is 2. The number of anilines is 1. The van der Waals surface area contributed by atoms with Crippen LogP contribution < -0.4 is 11.5 Å².